The van der Waals surface area contributed by atoms with Crippen LogP contribution in [-0.4, -0.2) is 11.5 Å². The molecular weight excluding hydrogens is 283 g/mol. The molecule has 4 heteroatoms. The van der Waals surface area contributed by atoms with E-state index in [1.54, 1.807) is 18.3 Å². The summed E-state index contributed by atoms with van der Waals surface area (Å²) >= 11 is 1.77. The van der Waals surface area contributed by atoms with Crippen LogP contribution in [-0.2, 0) is 6.42 Å². The third-order valence-corrected chi connectivity index (χ3v) is 5.26. The molecular formula is C17H21FN2S. The molecule has 0 amide bonds. The fourth-order valence-corrected chi connectivity index (χ4v) is 4.05. The van der Waals surface area contributed by atoms with Crippen molar-refractivity contribution in [1.82, 2.24) is 10.3 Å². The first-order chi connectivity index (χ1) is 10.2. The van der Waals surface area contributed by atoms with E-state index in [1.165, 1.54) is 29.5 Å². The van der Waals surface area contributed by atoms with Crippen LogP contribution in [0.25, 0.3) is 10.6 Å². The zero-order chi connectivity index (χ0) is 14.8. The standard InChI is InChI=1S/C17H21FN2S/c1-3-9-19-14-5-4-6-15-16(14)21-17(20-15)12-7-8-13(18)11(2)10-12/h7-8,10,14,19H,3-6,9H2,1-2H3. The predicted octanol–water partition coefficient (Wildman–Crippen LogP) is 4.63. The van der Waals surface area contributed by atoms with E-state index in [-0.39, 0.29) is 5.82 Å². The van der Waals surface area contributed by atoms with Gasteiger partial charge in [-0.1, -0.05) is 6.92 Å². The predicted molar refractivity (Wildman–Crippen MR) is 86.2 cm³/mol. The van der Waals surface area contributed by atoms with E-state index in [0.29, 0.717) is 11.6 Å². The van der Waals surface area contributed by atoms with Crippen LogP contribution in [0.1, 0.15) is 48.4 Å². The quantitative estimate of drug-likeness (QED) is 0.890. The van der Waals surface area contributed by atoms with Crippen molar-refractivity contribution in [2.75, 3.05) is 6.54 Å². The summed E-state index contributed by atoms with van der Waals surface area (Å²) < 4.78 is 13.4. The summed E-state index contributed by atoms with van der Waals surface area (Å²) in [4.78, 5) is 6.19. The molecule has 0 spiro atoms. The molecule has 0 fully saturated rings. The van der Waals surface area contributed by atoms with Crippen molar-refractivity contribution in [3.05, 3.63) is 40.2 Å². The van der Waals surface area contributed by atoms with Gasteiger partial charge in [-0.15, -0.1) is 11.3 Å². The minimum absolute atomic E-state index is 0.150. The van der Waals surface area contributed by atoms with Crippen molar-refractivity contribution >= 4 is 11.3 Å². The van der Waals surface area contributed by atoms with Crippen molar-refractivity contribution in [3.8, 4) is 10.6 Å². The lowest BCUT2D eigenvalue weighted by atomic mass is 9.98. The van der Waals surface area contributed by atoms with Crippen molar-refractivity contribution < 1.29 is 4.39 Å². The number of aryl methyl sites for hydroxylation is 2. The van der Waals surface area contributed by atoms with E-state index in [2.05, 4.69) is 12.2 Å². The molecule has 112 valence electrons. The van der Waals surface area contributed by atoms with Crippen LogP contribution in [0, 0.1) is 12.7 Å². The Morgan fingerprint density at radius 3 is 3.05 bits per heavy atom. The normalized spacial score (nSPS) is 17.8. The van der Waals surface area contributed by atoms with E-state index in [0.717, 1.165) is 30.0 Å². The average molecular weight is 304 g/mol. The maximum absolute atomic E-state index is 13.4. The number of aromatic nitrogens is 1. The van der Waals surface area contributed by atoms with Crippen molar-refractivity contribution in [2.45, 2.75) is 45.6 Å². The lowest BCUT2D eigenvalue weighted by Gasteiger charge is -2.22. The van der Waals surface area contributed by atoms with Gasteiger partial charge in [-0.05, 0) is 62.9 Å². The maximum Gasteiger partial charge on any atom is 0.126 e. The summed E-state index contributed by atoms with van der Waals surface area (Å²) in [7, 11) is 0. The molecule has 0 aliphatic heterocycles. The van der Waals surface area contributed by atoms with Crippen LogP contribution in [0.2, 0.25) is 0 Å². The van der Waals surface area contributed by atoms with Gasteiger partial charge < -0.3 is 5.32 Å². The molecule has 1 aliphatic carbocycles. The Bertz CT molecular complexity index is 636. The second-order valence-corrected chi connectivity index (χ2v) is 6.72. The summed E-state index contributed by atoms with van der Waals surface area (Å²) in [6.45, 7) is 5.04. The number of benzene rings is 1. The molecule has 1 heterocycles. The third kappa shape index (κ3) is 3.01. The highest BCUT2D eigenvalue weighted by Crippen LogP contribution is 2.38. The first-order valence-electron chi connectivity index (χ1n) is 7.68. The second kappa shape index (κ2) is 6.24. The summed E-state index contributed by atoms with van der Waals surface area (Å²) in [6.07, 6.45) is 4.60. The minimum Gasteiger partial charge on any atom is -0.309 e. The number of nitrogens with zero attached hydrogens (tertiary/aromatic N) is 1. The second-order valence-electron chi connectivity index (χ2n) is 5.69. The molecule has 1 unspecified atom stereocenters. The van der Waals surface area contributed by atoms with Gasteiger partial charge in [-0.2, -0.15) is 0 Å². The molecule has 0 saturated carbocycles. The molecule has 1 aromatic carbocycles. The highest BCUT2D eigenvalue weighted by atomic mass is 32.1. The molecule has 1 aromatic heterocycles. The molecule has 21 heavy (non-hydrogen) atoms. The molecule has 3 rings (SSSR count). The number of rotatable bonds is 4. The fraction of sp³-hybridized carbons (Fsp3) is 0.471. The Morgan fingerprint density at radius 2 is 2.29 bits per heavy atom. The van der Waals surface area contributed by atoms with E-state index < -0.39 is 0 Å². The summed E-state index contributed by atoms with van der Waals surface area (Å²) in [5.41, 5.74) is 2.95. The molecule has 2 nitrogen and oxygen atoms in total. The van der Waals surface area contributed by atoms with Gasteiger partial charge in [-0.25, -0.2) is 9.37 Å². The van der Waals surface area contributed by atoms with Crippen molar-refractivity contribution in [2.24, 2.45) is 0 Å². The zero-order valence-corrected chi connectivity index (χ0v) is 13.4. The summed E-state index contributed by atoms with van der Waals surface area (Å²) in [5, 5.41) is 4.64. The Kier molecular flexibility index (Phi) is 4.36. The Labute approximate surface area is 129 Å². The number of fused-ring (bicyclic) bond motifs is 1. The monoisotopic (exact) mass is 304 g/mol. The summed E-state index contributed by atoms with van der Waals surface area (Å²) in [6, 6.07) is 5.72. The highest BCUT2D eigenvalue weighted by Gasteiger charge is 2.24. The molecule has 0 bridgehead atoms. The van der Waals surface area contributed by atoms with Gasteiger partial charge in [0.15, 0.2) is 0 Å². The number of hydrogen-bond acceptors (Lipinski definition) is 3. The van der Waals surface area contributed by atoms with E-state index >= 15 is 0 Å². The molecule has 0 radical (unpaired) electrons. The maximum atomic E-state index is 13.4. The minimum atomic E-state index is -0.150. The Morgan fingerprint density at radius 1 is 1.43 bits per heavy atom. The van der Waals surface area contributed by atoms with Crippen LogP contribution in [0.15, 0.2) is 18.2 Å². The molecule has 2 aromatic rings. The average Bonchev–Trinajstić information content (AvgIpc) is 2.92. The van der Waals surface area contributed by atoms with Crippen molar-refractivity contribution in [1.29, 1.82) is 0 Å². The fourth-order valence-electron chi connectivity index (χ4n) is 2.83. The third-order valence-electron chi connectivity index (χ3n) is 4.00. The van der Waals surface area contributed by atoms with Gasteiger partial charge in [0.2, 0.25) is 0 Å². The molecule has 1 N–H and O–H groups in total. The SMILES string of the molecule is CCCNC1CCCc2nc(-c3ccc(F)c(C)c3)sc21. The molecule has 1 aliphatic rings. The lowest BCUT2D eigenvalue weighted by molar-refractivity contribution is 0.465. The van der Waals surface area contributed by atoms with Crippen LogP contribution in [0.5, 0.6) is 0 Å². The van der Waals surface area contributed by atoms with Crippen LogP contribution in [0.4, 0.5) is 4.39 Å². The van der Waals surface area contributed by atoms with Crippen LogP contribution >= 0.6 is 11.3 Å². The van der Waals surface area contributed by atoms with Gasteiger partial charge >= 0.3 is 0 Å². The Hall–Kier alpha value is -1.26. The zero-order valence-electron chi connectivity index (χ0n) is 12.6. The van der Waals surface area contributed by atoms with Crippen LogP contribution < -0.4 is 5.32 Å². The Balaban J connectivity index is 1.91. The number of halogens is 1. The first-order valence-corrected chi connectivity index (χ1v) is 8.50. The summed E-state index contributed by atoms with van der Waals surface area (Å²) in [5.74, 6) is -0.150. The van der Waals surface area contributed by atoms with Crippen LogP contribution in [0.3, 0.4) is 0 Å². The lowest BCUT2D eigenvalue weighted by Crippen LogP contribution is -2.24. The van der Waals surface area contributed by atoms with Gasteiger partial charge in [0.25, 0.3) is 0 Å². The number of hydrogen-bond donors (Lipinski definition) is 1. The van der Waals surface area contributed by atoms with Gasteiger partial charge in [0.1, 0.15) is 10.8 Å². The van der Waals surface area contributed by atoms with E-state index in [9.17, 15) is 4.39 Å². The largest absolute Gasteiger partial charge is 0.309 e. The molecule has 1 atom stereocenters. The van der Waals surface area contributed by atoms with E-state index in [1.807, 2.05) is 12.1 Å². The number of nitrogens with one attached hydrogen (secondary N) is 1. The highest BCUT2D eigenvalue weighted by molar-refractivity contribution is 7.15. The molecule has 0 saturated heterocycles. The number of thiazole rings is 1. The van der Waals surface area contributed by atoms with Gasteiger partial charge in [0, 0.05) is 16.5 Å². The topological polar surface area (TPSA) is 24.9 Å². The van der Waals surface area contributed by atoms with Crippen molar-refractivity contribution in [3.63, 3.8) is 0 Å². The van der Waals surface area contributed by atoms with Gasteiger partial charge in [-0.3, -0.25) is 0 Å². The first kappa shape index (κ1) is 14.7. The van der Waals surface area contributed by atoms with Gasteiger partial charge in [0.05, 0.1) is 5.69 Å². The van der Waals surface area contributed by atoms with E-state index in [4.69, 9.17) is 4.98 Å². The smallest absolute Gasteiger partial charge is 0.126 e.